The number of amides is 1. The number of nitrogen functional groups attached to an aromatic ring is 1. The second kappa shape index (κ2) is 7.14. The Hall–Kier alpha value is -2.00. The average Bonchev–Trinajstić information content (AvgIpc) is 2.47. The van der Waals surface area contributed by atoms with Gasteiger partial charge in [-0.15, -0.1) is 0 Å². The molecule has 0 saturated heterocycles. The zero-order valence-corrected chi connectivity index (χ0v) is 12.8. The van der Waals surface area contributed by atoms with Crippen LogP contribution < -0.4 is 5.73 Å². The predicted octanol–water partition coefficient (Wildman–Crippen LogP) is 3.51. The Kier molecular flexibility index (Phi) is 5.23. The van der Waals surface area contributed by atoms with Crippen molar-refractivity contribution in [2.24, 2.45) is 0 Å². The third-order valence-electron chi connectivity index (χ3n) is 3.36. The summed E-state index contributed by atoms with van der Waals surface area (Å²) in [7, 11) is 0. The molecule has 3 nitrogen and oxygen atoms in total. The molecule has 0 aromatic heterocycles. The summed E-state index contributed by atoms with van der Waals surface area (Å²) in [6.07, 6.45) is 0.315. The van der Waals surface area contributed by atoms with Gasteiger partial charge in [-0.3, -0.25) is 4.79 Å². The van der Waals surface area contributed by atoms with Crippen molar-refractivity contribution in [2.45, 2.75) is 19.9 Å². The van der Waals surface area contributed by atoms with E-state index >= 15 is 0 Å². The van der Waals surface area contributed by atoms with Gasteiger partial charge in [0.15, 0.2) is 0 Å². The molecule has 2 aromatic rings. The molecule has 0 unspecified atom stereocenters. The molecule has 21 heavy (non-hydrogen) atoms. The summed E-state index contributed by atoms with van der Waals surface area (Å²) in [6.45, 7) is 3.18. The van der Waals surface area contributed by atoms with E-state index in [-0.39, 0.29) is 5.91 Å². The number of halogens is 1. The number of likely N-dealkylation sites (N-methyl/N-ethyl adjacent to an activating group) is 1. The zero-order valence-electron chi connectivity index (χ0n) is 12.1. The summed E-state index contributed by atoms with van der Waals surface area (Å²) >= 11 is 6.11. The molecule has 1 amide bonds. The second-order valence-electron chi connectivity index (χ2n) is 4.92. The molecular formula is C17H19ClN2O. The van der Waals surface area contributed by atoms with Gasteiger partial charge in [0.1, 0.15) is 0 Å². The average molecular weight is 303 g/mol. The van der Waals surface area contributed by atoms with Gasteiger partial charge in [-0.25, -0.2) is 0 Å². The first kappa shape index (κ1) is 15.4. The third kappa shape index (κ3) is 4.23. The van der Waals surface area contributed by atoms with Crippen molar-refractivity contribution in [1.29, 1.82) is 0 Å². The molecule has 0 heterocycles. The summed E-state index contributed by atoms with van der Waals surface area (Å²) in [4.78, 5) is 14.2. The SMILES string of the molecule is CCN(Cc1cccc(N)c1)C(=O)Cc1ccccc1Cl. The highest BCUT2D eigenvalue weighted by atomic mass is 35.5. The molecule has 0 aliphatic rings. The maximum Gasteiger partial charge on any atom is 0.227 e. The Morgan fingerprint density at radius 2 is 1.95 bits per heavy atom. The minimum absolute atomic E-state index is 0.0630. The third-order valence-corrected chi connectivity index (χ3v) is 3.73. The Bertz CT molecular complexity index is 628. The standard InChI is InChI=1S/C17H19ClN2O/c1-2-20(12-13-6-5-8-15(19)10-13)17(21)11-14-7-3-4-9-16(14)18/h3-10H,2,11-12,19H2,1H3. The number of nitrogens with two attached hydrogens (primary N) is 1. The van der Waals surface area contributed by atoms with E-state index in [1.165, 1.54) is 0 Å². The lowest BCUT2D eigenvalue weighted by Crippen LogP contribution is -2.31. The molecule has 0 saturated carbocycles. The minimum Gasteiger partial charge on any atom is -0.399 e. The van der Waals surface area contributed by atoms with Crippen LogP contribution in [0.2, 0.25) is 5.02 Å². The topological polar surface area (TPSA) is 46.3 Å². The van der Waals surface area contributed by atoms with E-state index in [4.69, 9.17) is 17.3 Å². The van der Waals surface area contributed by atoms with Crippen LogP contribution in [0.25, 0.3) is 0 Å². The first-order valence-electron chi connectivity index (χ1n) is 6.95. The van der Waals surface area contributed by atoms with Crippen LogP contribution in [0.3, 0.4) is 0 Å². The number of anilines is 1. The van der Waals surface area contributed by atoms with E-state index in [0.29, 0.717) is 30.2 Å². The van der Waals surface area contributed by atoms with Crippen molar-refractivity contribution >= 4 is 23.2 Å². The van der Waals surface area contributed by atoms with Gasteiger partial charge in [-0.05, 0) is 36.2 Å². The molecule has 2 N–H and O–H groups in total. The minimum atomic E-state index is 0.0630. The number of carbonyl (C=O) groups excluding carboxylic acids is 1. The first-order valence-corrected chi connectivity index (χ1v) is 7.33. The summed E-state index contributed by atoms with van der Waals surface area (Å²) in [5, 5.41) is 0.630. The Labute approximate surface area is 130 Å². The van der Waals surface area contributed by atoms with Crippen LogP contribution >= 0.6 is 11.6 Å². The maximum atomic E-state index is 12.4. The van der Waals surface area contributed by atoms with Crippen LogP contribution in [-0.4, -0.2) is 17.4 Å². The predicted molar refractivity (Wildman–Crippen MR) is 87.1 cm³/mol. The van der Waals surface area contributed by atoms with E-state index in [9.17, 15) is 4.79 Å². The zero-order chi connectivity index (χ0) is 15.2. The van der Waals surface area contributed by atoms with Crippen molar-refractivity contribution < 1.29 is 4.79 Å². The lowest BCUT2D eigenvalue weighted by molar-refractivity contribution is -0.130. The van der Waals surface area contributed by atoms with E-state index in [1.54, 1.807) is 11.0 Å². The number of carbonyl (C=O) groups is 1. The fourth-order valence-electron chi connectivity index (χ4n) is 2.20. The van der Waals surface area contributed by atoms with Crippen molar-refractivity contribution in [3.8, 4) is 0 Å². The highest BCUT2D eigenvalue weighted by Gasteiger charge is 2.14. The molecule has 0 radical (unpaired) electrons. The molecule has 0 bridgehead atoms. The van der Waals surface area contributed by atoms with Gasteiger partial charge in [0.2, 0.25) is 5.91 Å². The first-order chi connectivity index (χ1) is 10.1. The molecule has 0 aliphatic carbocycles. The molecule has 2 rings (SSSR count). The van der Waals surface area contributed by atoms with E-state index < -0.39 is 0 Å². The smallest absolute Gasteiger partial charge is 0.227 e. The Morgan fingerprint density at radius 1 is 1.19 bits per heavy atom. The van der Waals surface area contributed by atoms with Gasteiger partial charge < -0.3 is 10.6 Å². The molecule has 4 heteroatoms. The van der Waals surface area contributed by atoms with Crippen molar-refractivity contribution in [3.63, 3.8) is 0 Å². The normalized spacial score (nSPS) is 10.4. The molecule has 0 atom stereocenters. The van der Waals surface area contributed by atoms with Crippen LogP contribution in [0.15, 0.2) is 48.5 Å². The van der Waals surface area contributed by atoms with Crippen LogP contribution in [-0.2, 0) is 17.8 Å². The highest BCUT2D eigenvalue weighted by Crippen LogP contribution is 2.17. The second-order valence-corrected chi connectivity index (χ2v) is 5.33. The number of benzene rings is 2. The van der Waals surface area contributed by atoms with E-state index in [0.717, 1.165) is 11.1 Å². The van der Waals surface area contributed by atoms with Gasteiger partial charge in [0, 0.05) is 23.8 Å². The van der Waals surface area contributed by atoms with Gasteiger partial charge in [0.25, 0.3) is 0 Å². The highest BCUT2D eigenvalue weighted by molar-refractivity contribution is 6.31. The summed E-state index contributed by atoms with van der Waals surface area (Å²) in [5.41, 5.74) is 8.37. The van der Waals surface area contributed by atoms with Gasteiger partial charge in [0.05, 0.1) is 6.42 Å². The molecule has 0 aliphatic heterocycles. The summed E-state index contributed by atoms with van der Waals surface area (Å²) in [6, 6.07) is 15.0. The van der Waals surface area contributed by atoms with Gasteiger partial charge >= 0.3 is 0 Å². The van der Waals surface area contributed by atoms with Gasteiger partial charge in [-0.1, -0.05) is 41.9 Å². The maximum absolute atomic E-state index is 12.4. The number of hydrogen-bond acceptors (Lipinski definition) is 2. The lowest BCUT2D eigenvalue weighted by Gasteiger charge is -2.21. The van der Waals surface area contributed by atoms with Crippen LogP contribution in [0.4, 0.5) is 5.69 Å². The molecule has 0 fully saturated rings. The van der Waals surface area contributed by atoms with Crippen molar-refractivity contribution in [1.82, 2.24) is 4.90 Å². The summed E-state index contributed by atoms with van der Waals surface area (Å²) in [5.74, 6) is 0.0630. The monoisotopic (exact) mass is 302 g/mol. The molecule has 110 valence electrons. The number of rotatable bonds is 5. The quantitative estimate of drug-likeness (QED) is 0.859. The van der Waals surface area contributed by atoms with Crippen molar-refractivity contribution in [2.75, 3.05) is 12.3 Å². The number of nitrogens with zero attached hydrogens (tertiary/aromatic N) is 1. The largest absolute Gasteiger partial charge is 0.399 e. The molecule has 2 aromatic carbocycles. The lowest BCUT2D eigenvalue weighted by atomic mass is 10.1. The molecule has 0 spiro atoms. The number of hydrogen-bond donors (Lipinski definition) is 1. The Balaban J connectivity index is 2.07. The van der Waals surface area contributed by atoms with E-state index in [2.05, 4.69) is 0 Å². The van der Waals surface area contributed by atoms with E-state index in [1.807, 2.05) is 49.4 Å². The van der Waals surface area contributed by atoms with Crippen LogP contribution in [0, 0.1) is 0 Å². The fraction of sp³-hybridized carbons (Fsp3) is 0.235. The van der Waals surface area contributed by atoms with Gasteiger partial charge in [-0.2, -0.15) is 0 Å². The molecular weight excluding hydrogens is 284 g/mol. The van der Waals surface area contributed by atoms with Crippen molar-refractivity contribution in [3.05, 3.63) is 64.7 Å². The van der Waals surface area contributed by atoms with Crippen LogP contribution in [0.5, 0.6) is 0 Å². The van der Waals surface area contributed by atoms with Crippen LogP contribution in [0.1, 0.15) is 18.1 Å². The summed E-state index contributed by atoms with van der Waals surface area (Å²) < 4.78 is 0. The Morgan fingerprint density at radius 3 is 2.62 bits per heavy atom. The fourth-order valence-corrected chi connectivity index (χ4v) is 2.41.